The molecular weight excluding hydrogens is 328 g/mol. The first-order valence-corrected chi connectivity index (χ1v) is 9.73. The molecule has 0 aromatic heterocycles. The zero-order valence-corrected chi connectivity index (χ0v) is 16.2. The highest BCUT2D eigenvalue weighted by molar-refractivity contribution is 5.80. The molecule has 0 spiro atoms. The molecule has 2 heterocycles. The molecule has 2 saturated heterocycles. The number of ether oxygens (including phenoxy) is 1. The summed E-state index contributed by atoms with van der Waals surface area (Å²) < 4.78 is 5.24. The zero-order chi connectivity index (χ0) is 18.5. The highest BCUT2D eigenvalue weighted by Crippen LogP contribution is 2.32. The van der Waals surface area contributed by atoms with E-state index in [4.69, 9.17) is 9.73 Å². The van der Waals surface area contributed by atoms with Gasteiger partial charge in [0.25, 0.3) is 0 Å². The molecule has 0 amide bonds. The highest BCUT2D eigenvalue weighted by Gasteiger charge is 2.36. The summed E-state index contributed by atoms with van der Waals surface area (Å²) in [6.45, 7) is 3.30. The topological polar surface area (TPSA) is 69.1 Å². The maximum atomic E-state index is 10.1. The lowest BCUT2D eigenvalue weighted by molar-refractivity contribution is 0.0526. The standard InChI is InChI=1S/C20H32N4O2/c1-4-21-20(22-13-14-10-18(26-3)8-9-19(14)25)23-15-11-16-6-5-7-17(12-15)24(16)2/h8-10,15-17,25H,4-7,11-13H2,1-3H3,(H2,21,22,23). The van der Waals surface area contributed by atoms with E-state index in [1.165, 1.54) is 32.1 Å². The number of methoxy groups -OCH3 is 1. The normalized spacial score (nSPS) is 26.4. The van der Waals surface area contributed by atoms with Gasteiger partial charge in [-0.2, -0.15) is 0 Å². The van der Waals surface area contributed by atoms with Gasteiger partial charge in [0.2, 0.25) is 0 Å². The van der Waals surface area contributed by atoms with E-state index in [2.05, 4.69) is 29.5 Å². The van der Waals surface area contributed by atoms with Crippen molar-refractivity contribution in [2.75, 3.05) is 20.7 Å². The van der Waals surface area contributed by atoms with Crippen molar-refractivity contribution in [3.05, 3.63) is 23.8 Å². The molecule has 26 heavy (non-hydrogen) atoms. The van der Waals surface area contributed by atoms with Crippen LogP contribution in [0.4, 0.5) is 0 Å². The molecule has 0 aliphatic carbocycles. The maximum absolute atomic E-state index is 10.1. The van der Waals surface area contributed by atoms with Crippen LogP contribution in [0, 0.1) is 0 Å². The lowest BCUT2D eigenvalue weighted by atomic mass is 9.82. The van der Waals surface area contributed by atoms with E-state index in [0.29, 0.717) is 24.7 Å². The molecule has 3 rings (SSSR count). The Labute approximate surface area is 156 Å². The van der Waals surface area contributed by atoms with Crippen LogP contribution in [-0.2, 0) is 6.54 Å². The van der Waals surface area contributed by atoms with Crippen molar-refractivity contribution >= 4 is 5.96 Å². The van der Waals surface area contributed by atoms with Crippen LogP contribution in [0.3, 0.4) is 0 Å². The summed E-state index contributed by atoms with van der Waals surface area (Å²) in [6, 6.07) is 7.07. The van der Waals surface area contributed by atoms with Crippen LogP contribution in [-0.4, -0.2) is 54.8 Å². The number of nitrogens with one attached hydrogen (secondary N) is 2. The molecule has 2 atom stereocenters. The molecule has 144 valence electrons. The molecule has 2 unspecified atom stereocenters. The van der Waals surface area contributed by atoms with Gasteiger partial charge < -0.3 is 25.4 Å². The van der Waals surface area contributed by atoms with Crippen molar-refractivity contribution in [2.45, 2.75) is 63.7 Å². The summed E-state index contributed by atoms with van der Waals surface area (Å²) in [5.74, 6) is 1.80. The number of benzene rings is 1. The molecule has 6 nitrogen and oxygen atoms in total. The Morgan fingerprint density at radius 2 is 2.04 bits per heavy atom. The first-order chi connectivity index (χ1) is 12.6. The third kappa shape index (κ3) is 4.41. The molecule has 0 saturated carbocycles. The lowest BCUT2D eigenvalue weighted by Crippen LogP contribution is -2.56. The number of hydrogen-bond acceptors (Lipinski definition) is 4. The molecule has 0 radical (unpaired) electrons. The van der Waals surface area contributed by atoms with Gasteiger partial charge in [0.15, 0.2) is 5.96 Å². The van der Waals surface area contributed by atoms with Crippen LogP contribution in [0.1, 0.15) is 44.6 Å². The van der Waals surface area contributed by atoms with Gasteiger partial charge in [-0.05, 0) is 57.9 Å². The molecule has 6 heteroatoms. The van der Waals surface area contributed by atoms with Crippen molar-refractivity contribution in [3.63, 3.8) is 0 Å². The summed E-state index contributed by atoms with van der Waals surface area (Å²) in [4.78, 5) is 7.26. The van der Waals surface area contributed by atoms with Crippen LogP contribution in [0.2, 0.25) is 0 Å². The first-order valence-electron chi connectivity index (χ1n) is 9.73. The second-order valence-corrected chi connectivity index (χ2v) is 7.41. The van der Waals surface area contributed by atoms with Crippen molar-refractivity contribution in [1.29, 1.82) is 0 Å². The second-order valence-electron chi connectivity index (χ2n) is 7.41. The minimum Gasteiger partial charge on any atom is -0.508 e. The van der Waals surface area contributed by atoms with Gasteiger partial charge in [0.1, 0.15) is 11.5 Å². The first kappa shape index (κ1) is 18.8. The molecular formula is C20H32N4O2. The van der Waals surface area contributed by atoms with Crippen LogP contribution < -0.4 is 15.4 Å². The quantitative estimate of drug-likeness (QED) is 0.556. The van der Waals surface area contributed by atoms with Crippen molar-refractivity contribution in [1.82, 2.24) is 15.5 Å². The monoisotopic (exact) mass is 360 g/mol. The van der Waals surface area contributed by atoms with Gasteiger partial charge in [-0.25, -0.2) is 4.99 Å². The Morgan fingerprint density at radius 1 is 1.31 bits per heavy atom. The summed E-state index contributed by atoms with van der Waals surface area (Å²) in [5, 5.41) is 17.0. The van der Waals surface area contributed by atoms with Crippen LogP contribution in [0.15, 0.2) is 23.2 Å². The average Bonchev–Trinajstić information content (AvgIpc) is 2.62. The third-order valence-electron chi connectivity index (χ3n) is 5.72. The van der Waals surface area contributed by atoms with Crippen LogP contribution >= 0.6 is 0 Å². The van der Waals surface area contributed by atoms with E-state index in [1.807, 2.05) is 6.07 Å². The third-order valence-corrected chi connectivity index (χ3v) is 5.72. The molecule has 1 aromatic carbocycles. The van der Waals surface area contributed by atoms with E-state index in [1.54, 1.807) is 19.2 Å². The predicted molar refractivity (Wildman–Crippen MR) is 105 cm³/mol. The molecule has 3 N–H and O–H groups in total. The second kappa shape index (κ2) is 8.62. The number of piperidine rings is 2. The van der Waals surface area contributed by atoms with Crippen molar-refractivity contribution in [3.8, 4) is 11.5 Å². The fourth-order valence-electron chi connectivity index (χ4n) is 4.23. The average molecular weight is 361 g/mol. The van der Waals surface area contributed by atoms with Crippen molar-refractivity contribution in [2.24, 2.45) is 4.99 Å². The van der Waals surface area contributed by atoms with Gasteiger partial charge in [-0.3, -0.25) is 0 Å². The Morgan fingerprint density at radius 3 is 2.69 bits per heavy atom. The fraction of sp³-hybridized carbons (Fsp3) is 0.650. The van der Waals surface area contributed by atoms with Gasteiger partial charge in [0.05, 0.1) is 13.7 Å². The van der Waals surface area contributed by atoms with E-state index in [0.717, 1.165) is 23.8 Å². The lowest BCUT2D eigenvalue weighted by Gasteiger charge is -2.47. The molecule has 2 aliphatic rings. The van der Waals surface area contributed by atoms with Gasteiger partial charge in [0, 0.05) is 30.2 Å². The highest BCUT2D eigenvalue weighted by atomic mass is 16.5. The van der Waals surface area contributed by atoms with Crippen LogP contribution in [0.25, 0.3) is 0 Å². The zero-order valence-electron chi connectivity index (χ0n) is 16.2. The summed E-state index contributed by atoms with van der Waals surface area (Å²) in [6.07, 6.45) is 6.30. The van der Waals surface area contributed by atoms with Crippen LogP contribution in [0.5, 0.6) is 11.5 Å². The molecule has 2 bridgehead atoms. The number of aliphatic imine (C=N–C) groups is 1. The van der Waals surface area contributed by atoms with Crippen molar-refractivity contribution < 1.29 is 9.84 Å². The van der Waals surface area contributed by atoms with E-state index < -0.39 is 0 Å². The SMILES string of the molecule is CCNC(=NCc1cc(OC)ccc1O)NC1CC2CCCC(C1)N2C. The molecule has 2 aliphatic heterocycles. The smallest absolute Gasteiger partial charge is 0.191 e. The van der Waals surface area contributed by atoms with E-state index >= 15 is 0 Å². The fourth-order valence-corrected chi connectivity index (χ4v) is 4.23. The number of aromatic hydroxyl groups is 1. The number of phenols is 1. The predicted octanol–water partition coefficient (Wildman–Crippen LogP) is 2.47. The Hall–Kier alpha value is -1.95. The Kier molecular flexibility index (Phi) is 6.25. The number of guanidine groups is 1. The summed E-state index contributed by atoms with van der Waals surface area (Å²) in [5.41, 5.74) is 0.766. The number of hydrogen-bond donors (Lipinski definition) is 3. The largest absolute Gasteiger partial charge is 0.508 e. The van der Waals surface area contributed by atoms with Gasteiger partial charge in [-0.15, -0.1) is 0 Å². The Bertz CT molecular complexity index is 620. The minimum atomic E-state index is 0.249. The number of phenolic OH excluding ortho intramolecular Hbond substituents is 1. The summed E-state index contributed by atoms with van der Waals surface area (Å²) in [7, 11) is 3.90. The number of rotatable bonds is 5. The molecule has 1 aromatic rings. The molecule has 2 fully saturated rings. The van der Waals surface area contributed by atoms with E-state index in [-0.39, 0.29) is 5.75 Å². The maximum Gasteiger partial charge on any atom is 0.191 e. The van der Waals surface area contributed by atoms with Gasteiger partial charge >= 0.3 is 0 Å². The minimum absolute atomic E-state index is 0.249. The van der Waals surface area contributed by atoms with Gasteiger partial charge in [-0.1, -0.05) is 6.42 Å². The van der Waals surface area contributed by atoms with E-state index in [9.17, 15) is 5.11 Å². The summed E-state index contributed by atoms with van der Waals surface area (Å²) >= 11 is 0. The Balaban J connectivity index is 1.66. The number of nitrogens with zero attached hydrogens (tertiary/aromatic N) is 2. The number of fused-ring (bicyclic) bond motifs is 2.